The van der Waals surface area contributed by atoms with Gasteiger partial charge in [0.1, 0.15) is 23.1 Å². The van der Waals surface area contributed by atoms with Crippen molar-refractivity contribution in [1.82, 2.24) is 0 Å². The molecular weight excluding hydrogens is 302 g/mol. The zero-order valence-corrected chi connectivity index (χ0v) is 12.0. The number of benzene rings is 2. The SMILES string of the molecule is COc1ccc(OC)c(C(=O)c2cc(F)c(Cl)cc2F)c1. The van der Waals surface area contributed by atoms with E-state index in [1.165, 1.54) is 26.4 Å². The Morgan fingerprint density at radius 3 is 2.33 bits per heavy atom. The summed E-state index contributed by atoms with van der Waals surface area (Å²) in [6.07, 6.45) is 0. The maximum atomic E-state index is 13.8. The van der Waals surface area contributed by atoms with E-state index in [0.717, 1.165) is 12.1 Å². The molecule has 0 unspecified atom stereocenters. The molecule has 21 heavy (non-hydrogen) atoms. The maximum absolute atomic E-state index is 13.8. The smallest absolute Gasteiger partial charge is 0.199 e. The van der Waals surface area contributed by atoms with Crippen LogP contribution in [0.2, 0.25) is 5.02 Å². The number of ether oxygens (including phenoxy) is 2. The third-order valence-electron chi connectivity index (χ3n) is 2.91. The number of carbonyl (C=O) groups is 1. The molecule has 0 bridgehead atoms. The molecule has 0 aliphatic heterocycles. The lowest BCUT2D eigenvalue weighted by molar-refractivity contribution is 0.103. The van der Waals surface area contributed by atoms with E-state index in [9.17, 15) is 13.6 Å². The molecular formula is C15H11ClF2O3. The van der Waals surface area contributed by atoms with Crippen LogP contribution in [0.3, 0.4) is 0 Å². The number of hydrogen-bond donors (Lipinski definition) is 0. The minimum atomic E-state index is -0.906. The molecule has 6 heteroatoms. The minimum Gasteiger partial charge on any atom is -0.497 e. The summed E-state index contributed by atoms with van der Waals surface area (Å²) < 4.78 is 37.4. The molecule has 2 aromatic rings. The standard InChI is InChI=1S/C15H11ClF2O3/c1-20-8-3-4-14(21-2)10(5-8)15(19)9-6-13(18)11(16)7-12(9)17/h3-7H,1-2H3. The number of halogens is 3. The summed E-state index contributed by atoms with van der Waals surface area (Å²) in [6.45, 7) is 0. The molecule has 0 aliphatic rings. The van der Waals surface area contributed by atoms with Gasteiger partial charge in [-0.1, -0.05) is 11.6 Å². The maximum Gasteiger partial charge on any atom is 0.199 e. The van der Waals surface area contributed by atoms with Crippen molar-refractivity contribution < 1.29 is 23.0 Å². The normalized spacial score (nSPS) is 10.3. The van der Waals surface area contributed by atoms with E-state index in [0.29, 0.717) is 5.75 Å². The average molecular weight is 313 g/mol. The summed E-state index contributed by atoms with van der Waals surface area (Å²) in [6, 6.07) is 6.02. The molecule has 0 spiro atoms. The summed E-state index contributed by atoms with van der Waals surface area (Å²) in [5, 5.41) is -0.387. The van der Waals surface area contributed by atoms with Gasteiger partial charge in [0.2, 0.25) is 0 Å². The first-order chi connectivity index (χ1) is 9.97. The zero-order valence-electron chi connectivity index (χ0n) is 11.2. The zero-order chi connectivity index (χ0) is 15.6. The fourth-order valence-corrected chi connectivity index (χ4v) is 1.98. The molecule has 3 nitrogen and oxygen atoms in total. The molecule has 0 amide bonds. The van der Waals surface area contributed by atoms with Crippen molar-refractivity contribution in [2.75, 3.05) is 14.2 Å². The first-order valence-corrected chi connectivity index (χ1v) is 6.27. The second-order valence-electron chi connectivity index (χ2n) is 4.14. The minimum absolute atomic E-state index is 0.0671. The van der Waals surface area contributed by atoms with Gasteiger partial charge >= 0.3 is 0 Å². The fourth-order valence-electron chi connectivity index (χ4n) is 1.83. The van der Waals surface area contributed by atoms with E-state index in [2.05, 4.69) is 0 Å². The van der Waals surface area contributed by atoms with Crippen LogP contribution in [0.25, 0.3) is 0 Å². The van der Waals surface area contributed by atoms with E-state index >= 15 is 0 Å². The molecule has 0 saturated carbocycles. The Bertz CT molecular complexity index is 702. The molecule has 2 aromatic carbocycles. The number of rotatable bonds is 4. The van der Waals surface area contributed by atoms with E-state index in [4.69, 9.17) is 21.1 Å². The Morgan fingerprint density at radius 1 is 1.00 bits per heavy atom. The highest BCUT2D eigenvalue weighted by Crippen LogP contribution is 2.28. The van der Waals surface area contributed by atoms with Gasteiger partial charge in [-0.2, -0.15) is 0 Å². The van der Waals surface area contributed by atoms with Crippen LogP contribution in [-0.2, 0) is 0 Å². The third kappa shape index (κ3) is 2.97. The van der Waals surface area contributed by atoms with Crippen LogP contribution < -0.4 is 9.47 Å². The first-order valence-electron chi connectivity index (χ1n) is 5.89. The van der Waals surface area contributed by atoms with Crippen LogP contribution in [0.5, 0.6) is 11.5 Å². The molecule has 110 valence electrons. The van der Waals surface area contributed by atoms with Gasteiger partial charge in [-0.05, 0) is 30.3 Å². The van der Waals surface area contributed by atoms with Crippen LogP contribution in [0.1, 0.15) is 15.9 Å². The molecule has 0 saturated heterocycles. The van der Waals surface area contributed by atoms with Gasteiger partial charge in [-0.3, -0.25) is 4.79 Å². The average Bonchev–Trinajstić information content (AvgIpc) is 2.49. The Balaban J connectivity index is 2.56. The lowest BCUT2D eigenvalue weighted by Crippen LogP contribution is -2.07. The highest BCUT2D eigenvalue weighted by atomic mass is 35.5. The van der Waals surface area contributed by atoms with Crippen LogP contribution in [0, 0.1) is 11.6 Å². The van der Waals surface area contributed by atoms with Gasteiger partial charge in [-0.15, -0.1) is 0 Å². The van der Waals surface area contributed by atoms with Crippen LogP contribution in [0.4, 0.5) is 8.78 Å². The van der Waals surface area contributed by atoms with Gasteiger partial charge in [0.05, 0.1) is 30.4 Å². The monoisotopic (exact) mass is 312 g/mol. The van der Waals surface area contributed by atoms with Crippen molar-refractivity contribution in [3.63, 3.8) is 0 Å². The summed E-state index contributed by atoms with van der Waals surface area (Å²) in [4.78, 5) is 12.4. The van der Waals surface area contributed by atoms with E-state index in [1.54, 1.807) is 6.07 Å². The van der Waals surface area contributed by atoms with Crippen molar-refractivity contribution in [3.05, 3.63) is 58.1 Å². The molecule has 2 rings (SSSR count). The Morgan fingerprint density at radius 2 is 1.71 bits per heavy atom. The molecule has 0 heterocycles. The van der Waals surface area contributed by atoms with Gasteiger partial charge in [0.15, 0.2) is 5.78 Å². The van der Waals surface area contributed by atoms with Crippen molar-refractivity contribution in [2.24, 2.45) is 0 Å². The van der Waals surface area contributed by atoms with E-state index < -0.39 is 23.0 Å². The largest absolute Gasteiger partial charge is 0.497 e. The van der Waals surface area contributed by atoms with Gasteiger partial charge < -0.3 is 9.47 Å². The second-order valence-corrected chi connectivity index (χ2v) is 4.55. The van der Waals surface area contributed by atoms with Crippen LogP contribution in [-0.4, -0.2) is 20.0 Å². The van der Waals surface area contributed by atoms with Crippen molar-refractivity contribution in [3.8, 4) is 11.5 Å². The number of hydrogen-bond acceptors (Lipinski definition) is 3. The number of methoxy groups -OCH3 is 2. The molecule has 0 N–H and O–H groups in total. The third-order valence-corrected chi connectivity index (χ3v) is 3.20. The summed E-state index contributed by atoms with van der Waals surface area (Å²) in [5.41, 5.74) is -0.360. The number of carbonyl (C=O) groups excluding carboxylic acids is 1. The summed E-state index contributed by atoms with van der Waals surface area (Å²) >= 11 is 5.47. The second kappa shape index (κ2) is 6.10. The van der Waals surface area contributed by atoms with Crippen molar-refractivity contribution >= 4 is 17.4 Å². The van der Waals surface area contributed by atoms with Gasteiger partial charge in [0.25, 0.3) is 0 Å². The van der Waals surface area contributed by atoms with Crippen LogP contribution in [0.15, 0.2) is 30.3 Å². The van der Waals surface area contributed by atoms with Crippen molar-refractivity contribution in [2.45, 2.75) is 0 Å². The fraction of sp³-hybridized carbons (Fsp3) is 0.133. The van der Waals surface area contributed by atoms with E-state index in [1.807, 2.05) is 0 Å². The molecule has 0 aliphatic carbocycles. The molecule has 0 atom stereocenters. The highest BCUT2D eigenvalue weighted by molar-refractivity contribution is 6.31. The van der Waals surface area contributed by atoms with Gasteiger partial charge in [0, 0.05) is 0 Å². The quantitative estimate of drug-likeness (QED) is 0.635. The lowest BCUT2D eigenvalue weighted by Gasteiger charge is -2.10. The van der Waals surface area contributed by atoms with E-state index in [-0.39, 0.29) is 16.3 Å². The molecule has 0 aromatic heterocycles. The van der Waals surface area contributed by atoms with Crippen molar-refractivity contribution in [1.29, 1.82) is 0 Å². The molecule has 0 fully saturated rings. The van der Waals surface area contributed by atoms with Crippen LogP contribution >= 0.6 is 11.6 Å². The molecule has 0 radical (unpaired) electrons. The lowest BCUT2D eigenvalue weighted by atomic mass is 10.0. The topological polar surface area (TPSA) is 35.5 Å². The predicted octanol–water partition coefficient (Wildman–Crippen LogP) is 3.87. The predicted molar refractivity (Wildman–Crippen MR) is 74.3 cm³/mol. The Labute approximate surface area is 125 Å². The first kappa shape index (κ1) is 15.3. The number of ketones is 1. The Hall–Kier alpha value is -2.14. The summed E-state index contributed by atoms with van der Waals surface area (Å²) in [7, 11) is 2.80. The summed E-state index contributed by atoms with van der Waals surface area (Å²) in [5.74, 6) is -1.87. The highest BCUT2D eigenvalue weighted by Gasteiger charge is 2.21. The Kier molecular flexibility index (Phi) is 4.43. The van der Waals surface area contributed by atoms with Gasteiger partial charge in [-0.25, -0.2) is 8.78 Å².